The van der Waals surface area contributed by atoms with Gasteiger partial charge in [0.25, 0.3) is 0 Å². The van der Waals surface area contributed by atoms with Crippen LogP contribution in [0.25, 0.3) is 11.0 Å². The predicted octanol–water partition coefficient (Wildman–Crippen LogP) is 3.88. The molecule has 2 heterocycles. The van der Waals surface area contributed by atoms with Crippen LogP contribution in [0.15, 0.2) is 24.5 Å². The van der Waals surface area contributed by atoms with Crippen LogP contribution < -0.4 is 4.74 Å². The highest BCUT2D eigenvalue weighted by atomic mass is 35.5. The molecule has 0 aliphatic rings. The van der Waals surface area contributed by atoms with Crippen molar-refractivity contribution in [3.05, 3.63) is 35.1 Å². The molecule has 0 atom stereocenters. The summed E-state index contributed by atoms with van der Waals surface area (Å²) in [6.07, 6.45) is -2.71. The maximum Gasteiger partial charge on any atom is 0.389 e. The molecule has 3 aromatic rings. The lowest BCUT2D eigenvalue weighted by Gasteiger charge is -2.09. The van der Waals surface area contributed by atoms with E-state index in [1.54, 1.807) is 0 Å². The zero-order chi connectivity index (χ0) is 18.7. The van der Waals surface area contributed by atoms with Crippen molar-refractivity contribution in [3.8, 4) is 17.8 Å². The fraction of sp³-hybridized carbons (Fsp3) is 0.267. The molecule has 0 aliphatic heterocycles. The predicted molar refractivity (Wildman–Crippen MR) is 84.6 cm³/mol. The molecule has 0 saturated carbocycles. The first-order valence-electron chi connectivity index (χ1n) is 7.35. The van der Waals surface area contributed by atoms with Crippen LogP contribution in [-0.2, 0) is 6.54 Å². The van der Waals surface area contributed by atoms with Gasteiger partial charge in [-0.15, -0.1) is 5.10 Å². The second-order valence-corrected chi connectivity index (χ2v) is 5.71. The van der Waals surface area contributed by atoms with Gasteiger partial charge in [-0.2, -0.15) is 18.4 Å². The van der Waals surface area contributed by atoms with Crippen molar-refractivity contribution in [1.29, 1.82) is 5.26 Å². The van der Waals surface area contributed by atoms with Gasteiger partial charge in [0, 0.05) is 19.0 Å². The molecule has 0 spiro atoms. The number of benzene rings is 1. The van der Waals surface area contributed by atoms with E-state index in [4.69, 9.17) is 21.6 Å². The van der Waals surface area contributed by atoms with E-state index in [1.165, 1.54) is 29.2 Å². The molecule has 3 rings (SSSR count). The maximum atomic E-state index is 12.4. The lowest BCUT2D eigenvalue weighted by atomic mass is 10.2. The number of nitriles is 1. The van der Waals surface area contributed by atoms with Crippen LogP contribution in [0.3, 0.4) is 0 Å². The number of aromatic nitrogens is 5. The maximum absolute atomic E-state index is 12.4. The van der Waals surface area contributed by atoms with Gasteiger partial charge in [-0.1, -0.05) is 16.8 Å². The molecule has 134 valence electrons. The third-order valence-electron chi connectivity index (χ3n) is 3.33. The Kier molecular flexibility index (Phi) is 4.90. The number of aryl methyl sites for hydroxylation is 1. The van der Waals surface area contributed by atoms with E-state index in [1.807, 2.05) is 6.07 Å². The highest BCUT2D eigenvalue weighted by Gasteiger charge is 2.26. The lowest BCUT2D eigenvalue weighted by Crippen LogP contribution is -2.10. The number of nitrogens with zero attached hydrogens (tertiary/aromatic N) is 6. The normalized spacial score (nSPS) is 11.5. The summed E-state index contributed by atoms with van der Waals surface area (Å²) in [5.74, 6) is 0.165. The van der Waals surface area contributed by atoms with Gasteiger partial charge in [-0.05, 0) is 12.5 Å². The van der Waals surface area contributed by atoms with Gasteiger partial charge in [-0.25, -0.2) is 14.6 Å². The molecule has 26 heavy (non-hydrogen) atoms. The van der Waals surface area contributed by atoms with E-state index in [-0.39, 0.29) is 30.3 Å². The minimum absolute atomic E-state index is 0.0141. The quantitative estimate of drug-likeness (QED) is 0.665. The molecule has 0 radical (unpaired) electrons. The molecule has 0 saturated heterocycles. The van der Waals surface area contributed by atoms with Crippen LogP contribution in [0.1, 0.15) is 18.4 Å². The summed E-state index contributed by atoms with van der Waals surface area (Å²) in [5.41, 5.74) is 0.925. The number of hydrogen-bond acceptors (Lipinski definition) is 6. The minimum Gasteiger partial charge on any atom is -0.422 e. The van der Waals surface area contributed by atoms with E-state index in [0.717, 1.165) is 0 Å². The van der Waals surface area contributed by atoms with Crippen molar-refractivity contribution in [2.45, 2.75) is 25.6 Å². The number of ether oxygens (including phenoxy) is 1. The van der Waals surface area contributed by atoms with Crippen molar-refractivity contribution < 1.29 is 17.9 Å². The highest BCUT2D eigenvalue weighted by molar-refractivity contribution is 6.30. The number of fused-ring (bicyclic) bond motifs is 1. The molecule has 0 amide bonds. The summed E-state index contributed by atoms with van der Waals surface area (Å²) >= 11 is 5.72. The third kappa shape index (κ3) is 4.18. The Hall–Kier alpha value is -2.93. The minimum atomic E-state index is -4.25. The van der Waals surface area contributed by atoms with Crippen LogP contribution >= 0.6 is 11.6 Å². The first-order valence-corrected chi connectivity index (χ1v) is 7.73. The molecule has 0 aliphatic carbocycles. The Morgan fingerprint density at radius 1 is 1.23 bits per heavy atom. The Balaban J connectivity index is 1.95. The molecule has 0 N–H and O–H groups in total. The molecule has 11 heteroatoms. The Labute approximate surface area is 150 Å². The monoisotopic (exact) mass is 382 g/mol. The molecule has 7 nitrogen and oxygen atoms in total. The van der Waals surface area contributed by atoms with E-state index >= 15 is 0 Å². The topological polar surface area (TPSA) is 89.5 Å². The van der Waals surface area contributed by atoms with E-state index in [2.05, 4.69) is 20.3 Å². The molecular weight excluding hydrogens is 373 g/mol. The first kappa shape index (κ1) is 17.9. The van der Waals surface area contributed by atoms with E-state index in [9.17, 15) is 13.2 Å². The Bertz CT molecular complexity index is 964. The van der Waals surface area contributed by atoms with Gasteiger partial charge in [-0.3, -0.25) is 0 Å². The molecule has 0 fully saturated rings. The van der Waals surface area contributed by atoms with Crippen molar-refractivity contribution in [2.75, 3.05) is 0 Å². The molecule has 1 aromatic carbocycles. The fourth-order valence-corrected chi connectivity index (χ4v) is 2.35. The third-order valence-corrected chi connectivity index (χ3v) is 3.53. The summed E-state index contributed by atoms with van der Waals surface area (Å²) in [7, 11) is 0. The van der Waals surface area contributed by atoms with Crippen molar-refractivity contribution in [1.82, 2.24) is 25.0 Å². The zero-order valence-corrected chi connectivity index (χ0v) is 13.8. The van der Waals surface area contributed by atoms with E-state index < -0.39 is 12.6 Å². The van der Waals surface area contributed by atoms with Crippen LogP contribution in [0.2, 0.25) is 5.02 Å². The SMILES string of the molecule is N#Cc1cc(Oc2ncc(Cl)cn2)c2c(c1)nnn2CCCC(F)(F)F. The highest BCUT2D eigenvalue weighted by Crippen LogP contribution is 2.30. The Morgan fingerprint density at radius 2 is 1.96 bits per heavy atom. The number of alkyl halides is 3. The Morgan fingerprint density at radius 3 is 2.62 bits per heavy atom. The van der Waals surface area contributed by atoms with Crippen molar-refractivity contribution in [3.63, 3.8) is 0 Å². The standard InChI is InChI=1S/C15H10ClF3N6O/c16-10-7-21-14(22-8-10)26-12-5-9(6-20)4-11-13(12)25(24-23-11)3-1-2-15(17,18)19/h4-5,7-8H,1-3H2. The average molecular weight is 383 g/mol. The molecule has 0 bridgehead atoms. The van der Waals surface area contributed by atoms with Crippen LogP contribution in [0.4, 0.5) is 13.2 Å². The summed E-state index contributed by atoms with van der Waals surface area (Å²) in [6.45, 7) is -0.0141. The smallest absolute Gasteiger partial charge is 0.389 e. The molecule has 0 unspecified atom stereocenters. The van der Waals surface area contributed by atoms with Crippen LogP contribution in [-0.4, -0.2) is 31.1 Å². The summed E-state index contributed by atoms with van der Waals surface area (Å²) in [5, 5.41) is 17.2. The van der Waals surface area contributed by atoms with Gasteiger partial charge in [0.2, 0.25) is 0 Å². The average Bonchev–Trinajstić information content (AvgIpc) is 2.99. The zero-order valence-electron chi connectivity index (χ0n) is 13.0. The number of rotatable bonds is 5. The van der Waals surface area contributed by atoms with Crippen LogP contribution in [0, 0.1) is 11.3 Å². The van der Waals surface area contributed by atoms with Gasteiger partial charge in [0.1, 0.15) is 11.0 Å². The number of hydrogen-bond donors (Lipinski definition) is 0. The first-order chi connectivity index (χ1) is 12.4. The van der Waals surface area contributed by atoms with Gasteiger partial charge in [0.15, 0.2) is 5.75 Å². The van der Waals surface area contributed by atoms with Crippen LogP contribution in [0.5, 0.6) is 11.8 Å². The van der Waals surface area contributed by atoms with Gasteiger partial charge in [0.05, 0.1) is 29.0 Å². The molecule has 2 aromatic heterocycles. The lowest BCUT2D eigenvalue weighted by molar-refractivity contribution is -0.135. The number of halogens is 4. The second-order valence-electron chi connectivity index (χ2n) is 5.27. The summed E-state index contributed by atoms with van der Waals surface area (Å²) in [6, 6.07) is 4.82. The second kappa shape index (κ2) is 7.13. The van der Waals surface area contributed by atoms with Crippen molar-refractivity contribution >= 4 is 22.6 Å². The summed E-state index contributed by atoms with van der Waals surface area (Å²) in [4.78, 5) is 7.79. The van der Waals surface area contributed by atoms with E-state index in [0.29, 0.717) is 16.1 Å². The summed E-state index contributed by atoms with van der Waals surface area (Å²) < 4.78 is 44.0. The molecular formula is C15H10ClF3N6O. The largest absolute Gasteiger partial charge is 0.422 e. The van der Waals surface area contributed by atoms with Gasteiger partial charge >= 0.3 is 12.2 Å². The van der Waals surface area contributed by atoms with Crippen molar-refractivity contribution in [2.24, 2.45) is 0 Å². The fourth-order valence-electron chi connectivity index (χ4n) is 2.26. The van der Waals surface area contributed by atoms with Gasteiger partial charge < -0.3 is 4.74 Å².